The van der Waals surface area contributed by atoms with Gasteiger partial charge < -0.3 is 29.4 Å². The molecule has 2 N–H and O–H groups in total. The summed E-state index contributed by atoms with van der Waals surface area (Å²) in [6.45, 7) is 2.26. The summed E-state index contributed by atoms with van der Waals surface area (Å²) in [5, 5.41) is 7.96. The number of hydrogen-bond acceptors (Lipinski definition) is 4. The lowest BCUT2D eigenvalue weighted by Crippen LogP contribution is -2.37. The topological polar surface area (TPSA) is 69.0 Å². The summed E-state index contributed by atoms with van der Waals surface area (Å²) < 4.78 is 18.6. The number of fused-ring (bicyclic) bond motifs is 1. The third kappa shape index (κ3) is 6.19. The first-order chi connectivity index (χ1) is 14.7. The minimum Gasteiger partial charge on any atom is -0.496 e. The molecule has 0 radical (unpaired) electrons. The van der Waals surface area contributed by atoms with Crippen LogP contribution < -0.4 is 24.8 Å². The van der Waals surface area contributed by atoms with Crippen LogP contribution in [0, 0.1) is 0 Å². The van der Waals surface area contributed by atoms with Crippen LogP contribution in [0.1, 0.15) is 12.0 Å². The van der Waals surface area contributed by atoms with E-state index in [9.17, 15) is 0 Å². The maximum Gasteiger partial charge on any atom is 0.191 e. The van der Waals surface area contributed by atoms with Gasteiger partial charge in [0.15, 0.2) is 5.96 Å². The van der Waals surface area contributed by atoms with Gasteiger partial charge in [0, 0.05) is 44.0 Å². The highest BCUT2D eigenvalue weighted by molar-refractivity contribution is 14.0. The molecule has 8 heteroatoms. The highest BCUT2D eigenvalue weighted by Gasteiger charge is 2.13. The molecule has 168 valence electrons. The molecule has 0 aliphatic rings. The fraction of sp³-hybridized carbons (Fsp3) is 0.348. The number of nitrogens with zero attached hydrogens (tertiary/aromatic N) is 2. The summed E-state index contributed by atoms with van der Waals surface area (Å²) in [6.07, 6.45) is 3.12. The molecule has 7 nitrogen and oxygen atoms in total. The largest absolute Gasteiger partial charge is 0.496 e. The lowest BCUT2D eigenvalue weighted by atomic mass is 10.1. The van der Waals surface area contributed by atoms with Crippen LogP contribution in [0.2, 0.25) is 0 Å². The van der Waals surface area contributed by atoms with Gasteiger partial charge in [-0.1, -0.05) is 18.2 Å². The maximum atomic E-state index is 5.51. The van der Waals surface area contributed by atoms with Gasteiger partial charge in [-0.2, -0.15) is 0 Å². The summed E-state index contributed by atoms with van der Waals surface area (Å²) in [7, 11) is 6.65. The van der Waals surface area contributed by atoms with Crippen molar-refractivity contribution in [3.63, 3.8) is 0 Å². The van der Waals surface area contributed by atoms with Crippen LogP contribution in [0.4, 0.5) is 0 Å². The number of methoxy groups -OCH3 is 3. The summed E-state index contributed by atoms with van der Waals surface area (Å²) >= 11 is 0. The number of hydrogen-bond donors (Lipinski definition) is 2. The Morgan fingerprint density at radius 3 is 2.32 bits per heavy atom. The van der Waals surface area contributed by atoms with Crippen molar-refractivity contribution in [2.45, 2.75) is 19.5 Å². The molecule has 0 atom stereocenters. The molecule has 0 bridgehead atoms. The van der Waals surface area contributed by atoms with Crippen molar-refractivity contribution >= 4 is 40.8 Å². The monoisotopic (exact) mass is 538 g/mol. The van der Waals surface area contributed by atoms with Gasteiger partial charge in [0.25, 0.3) is 0 Å². The molecular weight excluding hydrogens is 507 g/mol. The van der Waals surface area contributed by atoms with Crippen molar-refractivity contribution in [2.24, 2.45) is 4.99 Å². The van der Waals surface area contributed by atoms with Crippen LogP contribution in [0.15, 0.2) is 53.7 Å². The van der Waals surface area contributed by atoms with E-state index in [4.69, 9.17) is 14.2 Å². The Kier molecular flexibility index (Phi) is 9.77. The Labute approximate surface area is 200 Å². The van der Waals surface area contributed by atoms with Gasteiger partial charge in [-0.05, 0) is 23.9 Å². The predicted molar refractivity (Wildman–Crippen MR) is 136 cm³/mol. The second kappa shape index (κ2) is 12.3. The number of para-hydroxylation sites is 1. The number of benzene rings is 2. The quantitative estimate of drug-likeness (QED) is 0.186. The van der Waals surface area contributed by atoms with Crippen molar-refractivity contribution < 1.29 is 14.2 Å². The van der Waals surface area contributed by atoms with Gasteiger partial charge in [-0.25, -0.2) is 0 Å². The van der Waals surface area contributed by atoms with Crippen LogP contribution in [-0.2, 0) is 13.1 Å². The van der Waals surface area contributed by atoms with Crippen LogP contribution in [0.5, 0.6) is 17.2 Å². The molecule has 0 saturated heterocycles. The SMILES string of the molecule is CN=C(NCCCn1ccc2ccccc21)NCc1c(OC)cc(OC)cc1OC.I. The molecule has 1 aromatic heterocycles. The molecule has 0 aliphatic carbocycles. The van der Waals surface area contributed by atoms with E-state index >= 15 is 0 Å². The van der Waals surface area contributed by atoms with Crippen molar-refractivity contribution in [3.05, 3.63) is 54.2 Å². The summed E-state index contributed by atoms with van der Waals surface area (Å²) in [6, 6.07) is 14.3. The van der Waals surface area contributed by atoms with Crippen LogP contribution in [-0.4, -0.2) is 45.4 Å². The van der Waals surface area contributed by atoms with Crippen molar-refractivity contribution in [3.8, 4) is 17.2 Å². The molecule has 31 heavy (non-hydrogen) atoms. The smallest absolute Gasteiger partial charge is 0.191 e. The Bertz CT molecular complexity index is 978. The first-order valence-electron chi connectivity index (χ1n) is 9.97. The van der Waals surface area contributed by atoms with E-state index < -0.39 is 0 Å². The van der Waals surface area contributed by atoms with Crippen LogP contribution in [0.3, 0.4) is 0 Å². The second-order valence-corrected chi connectivity index (χ2v) is 6.78. The van der Waals surface area contributed by atoms with Crippen molar-refractivity contribution in [1.82, 2.24) is 15.2 Å². The third-order valence-electron chi connectivity index (χ3n) is 5.02. The van der Waals surface area contributed by atoms with Crippen LogP contribution in [0.25, 0.3) is 10.9 Å². The Morgan fingerprint density at radius 1 is 0.968 bits per heavy atom. The summed E-state index contributed by atoms with van der Waals surface area (Å²) in [5.74, 6) is 2.82. The fourth-order valence-corrected chi connectivity index (χ4v) is 3.44. The molecule has 0 saturated carbocycles. The average molecular weight is 538 g/mol. The van der Waals surface area contributed by atoms with E-state index in [1.165, 1.54) is 10.9 Å². The van der Waals surface area contributed by atoms with Crippen molar-refractivity contribution in [1.29, 1.82) is 0 Å². The average Bonchev–Trinajstić information content (AvgIpc) is 3.21. The molecule has 3 aromatic rings. The molecule has 0 unspecified atom stereocenters. The maximum absolute atomic E-state index is 5.51. The van der Waals surface area contributed by atoms with Gasteiger partial charge in [-0.15, -0.1) is 24.0 Å². The summed E-state index contributed by atoms with van der Waals surface area (Å²) in [5.41, 5.74) is 2.17. The standard InChI is InChI=1S/C23H30N4O3.HI/c1-24-23(25-11-7-12-27-13-10-17-8-5-6-9-20(17)27)26-16-19-21(29-3)14-18(28-2)15-22(19)30-4;/h5-6,8-10,13-15H,7,11-12,16H2,1-4H3,(H2,24,25,26);1H. The number of nitrogens with one attached hydrogen (secondary N) is 2. The Hall–Kier alpha value is -2.62. The number of rotatable bonds is 9. The Morgan fingerprint density at radius 2 is 1.68 bits per heavy atom. The first kappa shape index (κ1) is 24.6. The number of aryl methyl sites for hydroxylation is 1. The molecule has 3 rings (SSSR count). The summed E-state index contributed by atoms with van der Waals surface area (Å²) in [4.78, 5) is 4.31. The normalized spacial score (nSPS) is 11.0. The van der Waals surface area contributed by atoms with Gasteiger partial charge >= 0.3 is 0 Å². The molecule has 1 heterocycles. The number of aromatic nitrogens is 1. The lowest BCUT2D eigenvalue weighted by molar-refractivity contribution is 0.368. The van der Waals surface area contributed by atoms with E-state index in [-0.39, 0.29) is 24.0 Å². The van der Waals surface area contributed by atoms with E-state index in [0.29, 0.717) is 23.8 Å². The first-order valence-corrected chi connectivity index (χ1v) is 9.97. The molecule has 0 spiro atoms. The molecule has 0 amide bonds. The lowest BCUT2D eigenvalue weighted by Gasteiger charge is -2.17. The van der Waals surface area contributed by atoms with Crippen LogP contribution >= 0.6 is 24.0 Å². The molecule has 2 aromatic carbocycles. The second-order valence-electron chi connectivity index (χ2n) is 6.78. The predicted octanol–water partition coefficient (Wildman–Crippen LogP) is 4.04. The third-order valence-corrected chi connectivity index (χ3v) is 5.02. The zero-order valence-electron chi connectivity index (χ0n) is 18.5. The highest BCUT2D eigenvalue weighted by atomic mass is 127. The van der Waals surface area contributed by atoms with Gasteiger partial charge in [0.2, 0.25) is 0 Å². The zero-order chi connectivity index (χ0) is 21.3. The highest BCUT2D eigenvalue weighted by Crippen LogP contribution is 2.33. The van der Waals surface area contributed by atoms with Crippen molar-refractivity contribution in [2.75, 3.05) is 34.9 Å². The van der Waals surface area contributed by atoms with Gasteiger partial charge in [0.1, 0.15) is 17.2 Å². The number of ether oxygens (including phenoxy) is 3. The Balaban J connectivity index is 0.00000341. The zero-order valence-corrected chi connectivity index (χ0v) is 20.8. The number of aliphatic imine (C=N–C) groups is 1. The molecular formula is C23H31IN4O3. The van der Waals surface area contributed by atoms with E-state index in [1.807, 2.05) is 12.1 Å². The van der Waals surface area contributed by atoms with Gasteiger partial charge in [0.05, 0.1) is 33.4 Å². The van der Waals surface area contributed by atoms with Gasteiger partial charge in [-0.3, -0.25) is 4.99 Å². The van der Waals surface area contributed by atoms with E-state index in [2.05, 4.69) is 56.7 Å². The van der Waals surface area contributed by atoms with E-state index in [1.54, 1.807) is 28.4 Å². The number of halogens is 1. The van der Waals surface area contributed by atoms with E-state index in [0.717, 1.165) is 31.0 Å². The molecule has 0 aliphatic heterocycles. The fourth-order valence-electron chi connectivity index (χ4n) is 3.44. The number of guanidine groups is 1. The molecule has 0 fully saturated rings. The minimum atomic E-state index is 0. The minimum absolute atomic E-state index is 0.